The van der Waals surface area contributed by atoms with Crippen molar-refractivity contribution in [1.29, 1.82) is 0 Å². The van der Waals surface area contributed by atoms with Gasteiger partial charge in [0, 0.05) is 32.8 Å². The summed E-state index contributed by atoms with van der Waals surface area (Å²) >= 11 is 0. The molecular weight excluding hydrogens is 505 g/mol. The molecule has 2 N–H and O–H groups in total. The van der Waals surface area contributed by atoms with Gasteiger partial charge in [-0.25, -0.2) is 23.5 Å². The predicted octanol–water partition coefficient (Wildman–Crippen LogP) is 2.92. The summed E-state index contributed by atoms with van der Waals surface area (Å²) in [6, 6.07) is -2.28. The summed E-state index contributed by atoms with van der Waals surface area (Å²) in [6.45, 7) is -0.727. The molecule has 1 atom stereocenters. The monoisotopic (exact) mass is 529 g/mol. The minimum absolute atomic E-state index is 0.0371. The zero-order valence-corrected chi connectivity index (χ0v) is 19.9. The number of nitrogens with zero attached hydrogens (tertiary/aromatic N) is 5. The summed E-state index contributed by atoms with van der Waals surface area (Å²) in [4.78, 5) is 46.8. The van der Waals surface area contributed by atoms with Crippen molar-refractivity contribution < 1.29 is 31.5 Å². The molecule has 1 saturated carbocycles. The predicted molar refractivity (Wildman–Crippen MR) is 122 cm³/mol. The number of hydrogen-bond acceptors (Lipinski definition) is 6. The number of alkyl halides is 5. The van der Waals surface area contributed by atoms with Crippen molar-refractivity contribution in [3.05, 3.63) is 40.6 Å². The standard InChI is InChI=1S/C22H24F5N7O3/c1-32-10-13(22(25,26)27)7-14(19(32)36)30-20(37)33(2)15-5-6-34(11-21(15,23)24)17-9-28-16(8-29-17)31-18(35)12-3-4-12/h7-10,12,15H,3-6,11H2,1-2H3,(H,30,37)(H,28,31,35)/t15-/m0/s1. The molecule has 2 fully saturated rings. The van der Waals surface area contributed by atoms with Gasteiger partial charge in [0.1, 0.15) is 17.5 Å². The molecule has 0 bridgehead atoms. The van der Waals surface area contributed by atoms with E-state index in [1.165, 1.54) is 17.3 Å². The number of urea groups is 1. The minimum Gasteiger partial charge on any atom is -0.349 e. The first-order valence-corrected chi connectivity index (χ1v) is 11.3. The molecule has 0 unspecified atom stereocenters. The third-order valence-corrected chi connectivity index (χ3v) is 6.26. The van der Waals surface area contributed by atoms with Crippen LogP contribution in [-0.4, -0.2) is 63.5 Å². The average molecular weight is 529 g/mol. The molecule has 10 nitrogen and oxygen atoms in total. The minimum atomic E-state index is -4.78. The van der Waals surface area contributed by atoms with Gasteiger partial charge in [0.05, 0.1) is 24.5 Å². The third-order valence-electron chi connectivity index (χ3n) is 6.26. The first-order valence-electron chi connectivity index (χ1n) is 11.3. The normalized spacial score (nSPS) is 19.3. The Morgan fingerprint density at radius 1 is 1.14 bits per heavy atom. The van der Waals surface area contributed by atoms with Crippen molar-refractivity contribution in [3.8, 4) is 0 Å². The molecule has 2 aromatic heterocycles. The third kappa shape index (κ3) is 5.80. The molecule has 3 heterocycles. The molecule has 0 spiro atoms. The van der Waals surface area contributed by atoms with Crippen LogP contribution in [0.4, 0.5) is 44.1 Å². The van der Waals surface area contributed by atoms with E-state index < -0.39 is 47.5 Å². The first-order chi connectivity index (χ1) is 17.3. The number of pyridine rings is 1. The van der Waals surface area contributed by atoms with Gasteiger partial charge in [-0.05, 0) is 25.3 Å². The van der Waals surface area contributed by atoms with E-state index in [1.54, 1.807) is 0 Å². The number of halogens is 5. The number of carbonyl (C=O) groups is 2. The van der Waals surface area contributed by atoms with Gasteiger partial charge in [-0.15, -0.1) is 0 Å². The van der Waals surface area contributed by atoms with Gasteiger partial charge in [0.25, 0.3) is 11.5 Å². The second-order valence-electron chi connectivity index (χ2n) is 9.11. The van der Waals surface area contributed by atoms with E-state index >= 15 is 8.78 Å². The fourth-order valence-corrected chi connectivity index (χ4v) is 4.02. The zero-order valence-electron chi connectivity index (χ0n) is 19.9. The number of rotatable bonds is 5. The Labute approximate surface area is 207 Å². The Bertz CT molecular complexity index is 1240. The molecule has 1 aliphatic heterocycles. The van der Waals surface area contributed by atoms with Crippen LogP contribution in [0.25, 0.3) is 0 Å². The molecule has 4 rings (SSSR count). The van der Waals surface area contributed by atoms with Crippen LogP contribution >= 0.6 is 0 Å². The highest BCUT2D eigenvalue weighted by molar-refractivity contribution is 5.93. The van der Waals surface area contributed by atoms with Crippen LogP contribution in [-0.2, 0) is 18.0 Å². The van der Waals surface area contributed by atoms with Crippen LogP contribution in [0.1, 0.15) is 24.8 Å². The molecule has 1 saturated heterocycles. The number of anilines is 3. The van der Waals surface area contributed by atoms with Gasteiger partial charge in [0.15, 0.2) is 5.82 Å². The Balaban J connectivity index is 1.42. The fourth-order valence-electron chi connectivity index (χ4n) is 4.02. The second-order valence-corrected chi connectivity index (χ2v) is 9.11. The molecule has 0 radical (unpaired) electrons. The van der Waals surface area contributed by atoms with Crippen LogP contribution in [0.5, 0.6) is 0 Å². The number of carbonyl (C=O) groups excluding carboxylic acids is 2. The van der Waals surface area contributed by atoms with E-state index in [2.05, 4.69) is 15.3 Å². The van der Waals surface area contributed by atoms with Crippen LogP contribution < -0.4 is 21.1 Å². The fraction of sp³-hybridized carbons (Fsp3) is 0.500. The van der Waals surface area contributed by atoms with Crippen LogP contribution in [0.2, 0.25) is 0 Å². The highest BCUT2D eigenvalue weighted by atomic mass is 19.4. The molecule has 1 aliphatic carbocycles. The Kier molecular flexibility index (Phi) is 6.81. The number of nitrogens with one attached hydrogen (secondary N) is 2. The molecule has 2 aromatic rings. The summed E-state index contributed by atoms with van der Waals surface area (Å²) in [5, 5.41) is 4.63. The smallest absolute Gasteiger partial charge is 0.349 e. The van der Waals surface area contributed by atoms with Gasteiger partial charge in [-0.3, -0.25) is 9.59 Å². The maximum atomic E-state index is 15.1. The SMILES string of the molecule is CN(C(=O)Nc1cc(C(F)(F)F)cn(C)c1=O)[C@H]1CCN(c2cnc(NC(=O)C3CC3)cn2)CC1(F)F. The molecule has 3 amide bonds. The highest BCUT2D eigenvalue weighted by Crippen LogP contribution is 2.34. The zero-order chi connectivity index (χ0) is 27.1. The largest absolute Gasteiger partial charge is 0.417 e. The lowest BCUT2D eigenvalue weighted by molar-refractivity contribution is -0.138. The summed E-state index contributed by atoms with van der Waals surface area (Å²) < 4.78 is 70.1. The van der Waals surface area contributed by atoms with Crippen LogP contribution in [0.3, 0.4) is 0 Å². The average Bonchev–Trinajstić information content (AvgIpc) is 3.66. The molecule has 200 valence electrons. The van der Waals surface area contributed by atoms with Crippen molar-refractivity contribution in [2.75, 3.05) is 35.7 Å². The van der Waals surface area contributed by atoms with Gasteiger partial charge < -0.3 is 25.0 Å². The van der Waals surface area contributed by atoms with Crippen molar-refractivity contribution in [2.24, 2.45) is 13.0 Å². The van der Waals surface area contributed by atoms with Gasteiger partial charge in [-0.2, -0.15) is 13.2 Å². The van der Waals surface area contributed by atoms with Gasteiger partial charge in [-0.1, -0.05) is 0 Å². The highest BCUT2D eigenvalue weighted by Gasteiger charge is 2.48. The molecule has 0 aromatic carbocycles. The molecule has 2 aliphatic rings. The number of piperidine rings is 1. The molecular formula is C22H24F5N7O3. The number of amides is 3. The lowest BCUT2D eigenvalue weighted by atomic mass is 9.99. The molecule has 37 heavy (non-hydrogen) atoms. The Hall–Kier alpha value is -3.78. The van der Waals surface area contributed by atoms with Crippen LogP contribution in [0, 0.1) is 5.92 Å². The van der Waals surface area contributed by atoms with E-state index in [4.69, 9.17) is 0 Å². The quantitative estimate of drug-likeness (QED) is 0.577. The van der Waals surface area contributed by atoms with E-state index in [1.807, 2.05) is 5.32 Å². The van der Waals surface area contributed by atoms with Crippen molar-refractivity contribution in [2.45, 2.75) is 37.4 Å². The number of aryl methyl sites for hydroxylation is 1. The summed E-state index contributed by atoms with van der Waals surface area (Å²) in [5.74, 6) is -3.27. The lowest BCUT2D eigenvalue weighted by Gasteiger charge is -2.42. The molecule has 15 heteroatoms. The van der Waals surface area contributed by atoms with Crippen LogP contribution in [0.15, 0.2) is 29.5 Å². The Morgan fingerprint density at radius 2 is 1.84 bits per heavy atom. The Morgan fingerprint density at radius 3 is 2.41 bits per heavy atom. The first kappa shape index (κ1) is 26.3. The topological polar surface area (TPSA) is 112 Å². The summed E-state index contributed by atoms with van der Waals surface area (Å²) in [5.41, 5.74) is -2.78. The van der Waals surface area contributed by atoms with Gasteiger partial charge >= 0.3 is 12.2 Å². The maximum absolute atomic E-state index is 15.1. The summed E-state index contributed by atoms with van der Waals surface area (Å²) in [7, 11) is 2.16. The number of aromatic nitrogens is 3. The van der Waals surface area contributed by atoms with Gasteiger partial charge in [0.2, 0.25) is 5.91 Å². The van der Waals surface area contributed by atoms with E-state index in [0.29, 0.717) is 21.7 Å². The van der Waals surface area contributed by atoms with Crippen molar-refractivity contribution in [3.63, 3.8) is 0 Å². The summed E-state index contributed by atoms with van der Waals surface area (Å²) in [6.07, 6.45) is -0.245. The van der Waals surface area contributed by atoms with E-state index in [-0.39, 0.29) is 36.4 Å². The van der Waals surface area contributed by atoms with Crippen molar-refractivity contribution in [1.82, 2.24) is 19.4 Å². The lowest BCUT2D eigenvalue weighted by Crippen LogP contribution is -2.59. The van der Waals surface area contributed by atoms with E-state index in [9.17, 15) is 27.6 Å². The van der Waals surface area contributed by atoms with E-state index in [0.717, 1.165) is 26.9 Å². The maximum Gasteiger partial charge on any atom is 0.417 e. The van der Waals surface area contributed by atoms with Crippen molar-refractivity contribution >= 4 is 29.3 Å². The second kappa shape index (κ2) is 9.59. The number of hydrogen-bond donors (Lipinski definition) is 2.